The SMILES string of the molecule is CCC=CCN(CC#Cc1ccccc1)S(=O)O. The fourth-order valence-electron chi connectivity index (χ4n) is 1.29. The molecule has 1 rings (SSSR count). The Kier molecular flexibility index (Phi) is 7.04. The average molecular weight is 263 g/mol. The Morgan fingerprint density at radius 2 is 2.06 bits per heavy atom. The lowest BCUT2D eigenvalue weighted by Gasteiger charge is -2.11. The maximum Gasteiger partial charge on any atom is 0.235 e. The van der Waals surface area contributed by atoms with E-state index in [2.05, 4.69) is 11.8 Å². The molecule has 3 nitrogen and oxygen atoms in total. The van der Waals surface area contributed by atoms with Crippen molar-refractivity contribution in [1.29, 1.82) is 0 Å². The first-order chi connectivity index (χ1) is 8.74. The monoisotopic (exact) mass is 263 g/mol. The maximum absolute atomic E-state index is 11.1. The van der Waals surface area contributed by atoms with Crippen LogP contribution in [0.2, 0.25) is 0 Å². The number of hydrogen-bond donors (Lipinski definition) is 1. The molecule has 0 saturated carbocycles. The van der Waals surface area contributed by atoms with Gasteiger partial charge < -0.3 is 0 Å². The summed E-state index contributed by atoms with van der Waals surface area (Å²) in [4.78, 5) is 0. The summed E-state index contributed by atoms with van der Waals surface area (Å²) in [5.74, 6) is 5.86. The van der Waals surface area contributed by atoms with Gasteiger partial charge in [-0.05, 0) is 18.6 Å². The van der Waals surface area contributed by atoms with Crippen molar-refractivity contribution in [3.05, 3.63) is 48.0 Å². The third kappa shape index (κ3) is 5.78. The summed E-state index contributed by atoms with van der Waals surface area (Å²) in [5.41, 5.74) is 0.908. The van der Waals surface area contributed by atoms with Gasteiger partial charge in [-0.25, -0.2) is 4.21 Å². The molecule has 1 N–H and O–H groups in total. The highest BCUT2D eigenvalue weighted by atomic mass is 32.2. The molecule has 0 radical (unpaired) electrons. The van der Waals surface area contributed by atoms with E-state index in [1.807, 2.05) is 49.4 Å². The molecule has 4 heteroatoms. The highest BCUT2D eigenvalue weighted by Crippen LogP contribution is 1.96. The Morgan fingerprint density at radius 3 is 2.67 bits per heavy atom. The van der Waals surface area contributed by atoms with E-state index >= 15 is 0 Å². The topological polar surface area (TPSA) is 40.5 Å². The van der Waals surface area contributed by atoms with Gasteiger partial charge in [-0.15, -0.1) is 0 Å². The van der Waals surface area contributed by atoms with Crippen molar-refractivity contribution >= 4 is 11.3 Å². The standard InChI is InChI=1S/C14H17NO2S/c1-2-3-7-12-15(18(16)17)13-8-11-14-9-5-4-6-10-14/h3-7,9-10H,2,12-13H2,1H3,(H,16,17). The summed E-state index contributed by atoms with van der Waals surface area (Å²) in [6.07, 6.45) is 4.75. The van der Waals surface area contributed by atoms with E-state index in [4.69, 9.17) is 4.55 Å². The van der Waals surface area contributed by atoms with Crippen LogP contribution in [-0.2, 0) is 11.3 Å². The zero-order valence-corrected chi connectivity index (χ0v) is 11.2. The largest absolute Gasteiger partial charge is 0.294 e. The predicted molar refractivity (Wildman–Crippen MR) is 75.1 cm³/mol. The molecule has 1 aromatic carbocycles. The molecular weight excluding hydrogens is 246 g/mol. The van der Waals surface area contributed by atoms with Crippen LogP contribution in [0.4, 0.5) is 0 Å². The van der Waals surface area contributed by atoms with E-state index < -0.39 is 11.3 Å². The quantitative estimate of drug-likeness (QED) is 0.503. The number of hydrogen-bond acceptors (Lipinski definition) is 1. The van der Waals surface area contributed by atoms with Crippen LogP contribution in [0.15, 0.2) is 42.5 Å². The zero-order chi connectivity index (χ0) is 13.2. The maximum atomic E-state index is 11.1. The molecule has 0 aromatic heterocycles. The number of rotatable bonds is 5. The Balaban J connectivity index is 2.55. The second-order valence-electron chi connectivity index (χ2n) is 3.60. The molecular formula is C14H17NO2S. The van der Waals surface area contributed by atoms with Crippen molar-refractivity contribution in [2.45, 2.75) is 13.3 Å². The molecule has 0 heterocycles. The first-order valence-electron chi connectivity index (χ1n) is 5.79. The number of nitrogens with zero attached hydrogens (tertiary/aromatic N) is 1. The van der Waals surface area contributed by atoms with Crippen molar-refractivity contribution in [1.82, 2.24) is 4.31 Å². The second-order valence-corrected chi connectivity index (χ2v) is 4.58. The molecule has 0 bridgehead atoms. The molecule has 1 atom stereocenters. The minimum absolute atomic E-state index is 0.270. The third-order valence-corrected chi connectivity index (χ3v) is 2.91. The van der Waals surface area contributed by atoms with Crippen LogP contribution in [0.5, 0.6) is 0 Å². The fraction of sp³-hybridized carbons (Fsp3) is 0.286. The van der Waals surface area contributed by atoms with Crippen molar-refractivity contribution in [2.75, 3.05) is 13.1 Å². The zero-order valence-electron chi connectivity index (χ0n) is 10.4. The first kappa shape index (κ1) is 14.7. The second kappa shape index (κ2) is 8.65. The third-order valence-electron chi connectivity index (χ3n) is 2.19. The Bertz CT molecular complexity index is 460. The molecule has 96 valence electrons. The van der Waals surface area contributed by atoms with Crippen LogP contribution in [0.3, 0.4) is 0 Å². The van der Waals surface area contributed by atoms with E-state index in [-0.39, 0.29) is 6.54 Å². The van der Waals surface area contributed by atoms with Crippen molar-refractivity contribution < 1.29 is 8.76 Å². The Labute approximate surface area is 111 Å². The van der Waals surface area contributed by atoms with Crippen molar-refractivity contribution in [3.63, 3.8) is 0 Å². The fourth-order valence-corrected chi connectivity index (χ4v) is 1.68. The van der Waals surface area contributed by atoms with Crippen LogP contribution in [0.25, 0.3) is 0 Å². The van der Waals surface area contributed by atoms with E-state index in [0.717, 1.165) is 12.0 Å². The van der Waals surface area contributed by atoms with Gasteiger partial charge in [0.25, 0.3) is 0 Å². The van der Waals surface area contributed by atoms with E-state index in [0.29, 0.717) is 6.54 Å². The van der Waals surface area contributed by atoms with Gasteiger partial charge in [0.2, 0.25) is 11.3 Å². The van der Waals surface area contributed by atoms with Gasteiger partial charge in [-0.2, -0.15) is 4.31 Å². The van der Waals surface area contributed by atoms with Gasteiger partial charge >= 0.3 is 0 Å². The Morgan fingerprint density at radius 1 is 1.33 bits per heavy atom. The lowest BCUT2D eigenvalue weighted by Crippen LogP contribution is -2.26. The van der Waals surface area contributed by atoms with Gasteiger partial charge in [-0.1, -0.05) is 49.1 Å². The molecule has 0 saturated heterocycles. The van der Waals surface area contributed by atoms with E-state index in [9.17, 15) is 4.21 Å². The van der Waals surface area contributed by atoms with E-state index in [1.54, 1.807) is 0 Å². The van der Waals surface area contributed by atoms with Crippen LogP contribution in [0, 0.1) is 11.8 Å². The van der Waals surface area contributed by atoms with Crippen LogP contribution < -0.4 is 0 Å². The van der Waals surface area contributed by atoms with Gasteiger partial charge in [0, 0.05) is 12.1 Å². The summed E-state index contributed by atoms with van der Waals surface area (Å²) < 4.78 is 21.6. The van der Waals surface area contributed by atoms with Crippen molar-refractivity contribution in [2.24, 2.45) is 0 Å². The lowest BCUT2D eigenvalue weighted by molar-refractivity contribution is 0.454. The summed E-state index contributed by atoms with van der Waals surface area (Å²) in [5, 5.41) is 0. The van der Waals surface area contributed by atoms with Crippen LogP contribution >= 0.6 is 0 Å². The van der Waals surface area contributed by atoms with Crippen LogP contribution in [-0.4, -0.2) is 26.2 Å². The van der Waals surface area contributed by atoms with Gasteiger partial charge in [-0.3, -0.25) is 4.55 Å². The molecule has 1 unspecified atom stereocenters. The van der Waals surface area contributed by atoms with Gasteiger partial charge in [0.15, 0.2) is 0 Å². The molecule has 0 amide bonds. The average Bonchev–Trinajstić information content (AvgIpc) is 2.38. The minimum Gasteiger partial charge on any atom is -0.294 e. The normalized spacial score (nSPS) is 12.4. The lowest BCUT2D eigenvalue weighted by atomic mass is 10.2. The predicted octanol–water partition coefficient (Wildman–Crippen LogP) is 2.44. The summed E-state index contributed by atoms with van der Waals surface area (Å²) in [7, 11) is 0. The summed E-state index contributed by atoms with van der Waals surface area (Å²) >= 11 is -1.99. The highest BCUT2D eigenvalue weighted by Gasteiger charge is 2.06. The molecule has 0 fully saturated rings. The number of benzene rings is 1. The summed E-state index contributed by atoms with van der Waals surface area (Å²) in [6.45, 7) is 2.72. The number of allylic oxidation sites excluding steroid dienone is 1. The summed E-state index contributed by atoms with van der Waals surface area (Å²) in [6, 6.07) is 9.57. The van der Waals surface area contributed by atoms with E-state index in [1.165, 1.54) is 4.31 Å². The Hall–Kier alpha value is -1.41. The molecule has 0 spiro atoms. The smallest absolute Gasteiger partial charge is 0.235 e. The van der Waals surface area contributed by atoms with Crippen molar-refractivity contribution in [3.8, 4) is 11.8 Å². The minimum atomic E-state index is -1.99. The molecule has 18 heavy (non-hydrogen) atoms. The van der Waals surface area contributed by atoms with Crippen LogP contribution in [0.1, 0.15) is 18.9 Å². The molecule has 1 aromatic rings. The van der Waals surface area contributed by atoms with Gasteiger partial charge in [0.1, 0.15) is 0 Å². The molecule has 0 aliphatic rings. The van der Waals surface area contributed by atoms with Gasteiger partial charge in [0.05, 0.1) is 6.54 Å². The highest BCUT2D eigenvalue weighted by molar-refractivity contribution is 7.76. The molecule has 0 aliphatic heterocycles. The first-order valence-corrected chi connectivity index (χ1v) is 6.85. The molecule has 0 aliphatic carbocycles.